The number of allylic oxidation sites excluding steroid dienone is 8. The fourth-order valence-corrected chi connectivity index (χ4v) is 6.56. The van der Waals surface area contributed by atoms with Gasteiger partial charge in [0.2, 0.25) is 0 Å². The number of phosphoric acid groups is 2. The van der Waals surface area contributed by atoms with E-state index in [1.54, 1.807) is 0 Å². The molecule has 13 nitrogen and oxygen atoms in total. The van der Waals surface area contributed by atoms with Crippen molar-refractivity contribution in [3.05, 3.63) is 48.6 Å². The number of hydrogen-bond donors (Lipinski definition) is 4. The fourth-order valence-electron chi connectivity index (χ4n) is 5.41. The average molecular weight is 851 g/mol. The van der Waals surface area contributed by atoms with Gasteiger partial charge in [0, 0.05) is 12.8 Å². The molecule has 0 fully saturated rings. The van der Waals surface area contributed by atoms with Crippen molar-refractivity contribution in [2.75, 3.05) is 26.4 Å². The molecule has 0 aliphatic carbocycles. The Morgan fingerprint density at radius 3 is 1.49 bits per heavy atom. The Morgan fingerprint density at radius 2 is 0.912 bits per heavy atom. The molecule has 15 heteroatoms. The summed E-state index contributed by atoms with van der Waals surface area (Å²) in [6.07, 6.45) is 38.2. The lowest BCUT2D eigenvalue weighted by Gasteiger charge is -2.20. The highest BCUT2D eigenvalue weighted by Gasteiger charge is 2.28. The molecule has 3 atom stereocenters. The van der Waals surface area contributed by atoms with E-state index in [9.17, 15) is 28.7 Å². The van der Waals surface area contributed by atoms with Crippen LogP contribution in [0.3, 0.4) is 0 Å². The molecule has 0 aliphatic rings. The number of aliphatic hydroxyl groups excluding tert-OH is 1. The summed E-state index contributed by atoms with van der Waals surface area (Å²) in [5, 5.41) is 9.73. The first-order chi connectivity index (χ1) is 27.4. The zero-order chi connectivity index (χ0) is 42.3. The lowest BCUT2D eigenvalue weighted by Crippen LogP contribution is -2.30. The third-order valence-electron chi connectivity index (χ3n) is 8.68. The first kappa shape index (κ1) is 55.1. The molecule has 0 aliphatic heterocycles. The molecule has 0 aromatic carbocycles. The van der Waals surface area contributed by atoms with Gasteiger partial charge in [-0.15, -0.1) is 0 Å². The number of hydrogen-bond acceptors (Lipinski definition) is 10. The van der Waals surface area contributed by atoms with E-state index in [1.807, 2.05) is 0 Å². The average Bonchev–Trinajstić information content (AvgIpc) is 3.17. The third kappa shape index (κ3) is 42.0. The lowest BCUT2D eigenvalue weighted by molar-refractivity contribution is -0.161. The molecule has 3 unspecified atom stereocenters. The first-order valence-electron chi connectivity index (χ1n) is 21.3. The van der Waals surface area contributed by atoms with E-state index in [2.05, 4.69) is 71.5 Å². The lowest BCUT2D eigenvalue weighted by atomic mass is 10.1. The Morgan fingerprint density at radius 1 is 0.509 bits per heavy atom. The molecule has 0 spiro atoms. The van der Waals surface area contributed by atoms with Crippen molar-refractivity contribution in [1.29, 1.82) is 0 Å². The van der Waals surface area contributed by atoms with Crippen LogP contribution in [0, 0.1) is 0 Å². The maximum Gasteiger partial charge on any atom is 0.472 e. The van der Waals surface area contributed by atoms with Gasteiger partial charge in [-0.25, -0.2) is 9.13 Å². The van der Waals surface area contributed by atoms with Crippen molar-refractivity contribution < 1.29 is 61.6 Å². The second-order valence-electron chi connectivity index (χ2n) is 14.3. The Balaban J connectivity index is 4.61. The maximum atomic E-state index is 12.6. The van der Waals surface area contributed by atoms with Crippen LogP contribution >= 0.6 is 15.6 Å². The van der Waals surface area contributed by atoms with Gasteiger partial charge in [0.15, 0.2) is 6.10 Å². The van der Waals surface area contributed by atoms with Gasteiger partial charge in [-0.3, -0.25) is 23.2 Å². The van der Waals surface area contributed by atoms with Gasteiger partial charge >= 0.3 is 27.6 Å². The molecular weight excluding hydrogens is 774 g/mol. The van der Waals surface area contributed by atoms with Crippen molar-refractivity contribution >= 4 is 27.6 Å². The molecule has 0 heterocycles. The molecular formula is C42H76O13P2. The molecule has 0 aromatic rings. The minimum atomic E-state index is -4.87. The smallest absolute Gasteiger partial charge is 0.462 e. The van der Waals surface area contributed by atoms with Crippen LogP contribution in [0.2, 0.25) is 0 Å². The standard InChI is InChI=1S/C42H76O13P2/c1-3-5-7-9-11-13-15-17-19-21-23-25-27-29-31-33-41(44)51-37-40(38-54-57(49,50)53-36-39(43)35-52-56(46,47)48)55-42(45)34-32-30-28-26-24-22-20-18-16-14-12-10-8-6-4-2/h12,14,17-20,24,26,39-40,43H,3-11,13,15-16,21-23,25,27-38H2,1-2H3,(H,49,50)(H2,46,47,48). The molecule has 57 heavy (non-hydrogen) atoms. The molecule has 332 valence electrons. The molecule has 0 rings (SSSR count). The van der Waals surface area contributed by atoms with Gasteiger partial charge in [-0.2, -0.15) is 0 Å². The van der Waals surface area contributed by atoms with Crippen LogP contribution < -0.4 is 0 Å². The highest BCUT2D eigenvalue weighted by atomic mass is 31.2. The third-order valence-corrected chi connectivity index (χ3v) is 10.1. The van der Waals surface area contributed by atoms with Crippen LogP contribution in [0.25, 0.3) is 0 Å². The van der Waals surface area contributed by atoms with E-state index < -0.39 is 66.2 Å². The molecule has 4 N–H and O–H groups in total. The molecule has 0 saturated heterocycles. The van der Waals surface area contributed by atoms with Gasteiger partial charge in [0.25, 0.3) is 0 Å². The Kier molecular flexibility index (Phi) is 37.0. The predicted molar refractivity (Wildman–Crippen MR) is 225 cm³/mol. The summed E-state index contributed by atoms with van der Waals surface area (Å²) in [5.41, 5.74) is 0. The van der Waals surface area contributed by atoms with E-state index in [4.69, 9.17) is 23.8 Å². The largest absolute Gasteiger partial charge is 0.472 e. The SMILES string of the molecule is CCCCCC=CCC=CCC=CCCCCC(=O)OC(COC(=O)CCCCCCCC=CCCCCCCCC)COP(=O)(O)OCC(O)COP(=O)(O)O. The van der Waals surface area contributed by atoms with E-state index in [-0.39, 0.29) is 12.8 Å². The van der Waals surface area contributed by atoms with E-state index in [0.717, 1.165) is 70.6 Å². The normalized spacial score (nSPS) is 14.6. The van der Waals surface area contributed by atoms with E-state index in [1.165, 1.54) is 57.8 Å². The fraction of sp³-hybridized carbons (Fsp3) is 0.762. The van der Waals surface area contributed by atoms with Gasteiger partial charge in [0.1, 0.15) is 12.7 Å². The van der Waals surface area contributed by atoms with Crippen molar-refractivity contribution in [1.82, 2.24) is 0 Å². The number of unbranched alkanes of at least 4 members (excludes halogenated alkanes) is 16. The summed E-state index contributed by atoms with van der Waals surface area (Å²) in [6.45, 7) is 1.67. The number of carbonyl (C=O) groups is 2. The summed E-state index contributed by atoms with van der Waals surface area (Å²) >= 11 is 0. The summed E-state index contributed by atoms with van der Waals surface area (Å²) < 4.78 is 47.7. The Hall–Kier alpha value is -1.92. The molecule has 0 amide bonds. The number of carbonyl (C=O) groups excluding carboxylic acids is 2. The first-order valence-corrected chi connectivity index (χ1v) is 24.4. The van der Waals surface area contributed by atoms with Gasteiger partial charge in [-0.05, 0) is 77.0 Å². The summed E-state index contributed by atoms with van der Waals surface area (Å²) in [4.78, 5) is 52.6. The van der Waals surface area contributed by atoms with Gasteiger partial charge < -0.3 is 29.3 Å². The van der Waals surface area contributed by atoms with Crippen LogP contribution in [0.4, 0.5) is 0 Å². The second-order valence-corrected chi connectivity index (χ2v) is 16.9. The zero-order valence-electron chi connectivity index (χ0n) is 34.9. The number of aliphatic hydroxyl groups is 1. The van der Waals surface area contributed by atoms with E-state index in [0.29, 0.717) is 12.8 Å². The van der Waals surface area contributed by atoms with Crippen molar-refractivity contribution in [2.24, 2.45) is 0 Å². The number of esters is 2. The van der Waals surface area contributed by atoms with Crippen LogP contribution in [0.5, 0.6) is 0 Å². The minimum Gasteiger partial charge on any atom is -0.462 e. The highest BCUT2D eigenvalue weighted by molar-refractivity contribution is 7.47. The van der Waals surface area contributed by atoms with Crippen LogP contribution in [-0.2, 0) is 41.8 Å². The van der Waals surface area contributed by atoms with Gasteiger partial charge in [0.05, 0.1) is 19.8 Å². The van der Waals surface area contributed by atoms with Crippen LogP contribution in [0.1, 0.15) is 168 Å². The second kappa shape index (κ2) is 38.3. The highest BCUT2D eigenvalue weighted by Crippen LogP contribution is 2.43. The Bertz CT molecular complexity index is 1200. The van der Waals surface area contributed by atoms with Crippen molar-refractivity contribution in [3.63, 3.8) is 0 Å². The quantitative estimate of drug-likeness (QED) is 0.0197. The molecule has 0 bridgehead atoms. The number of ether oxygens (including phenoxy) is 2. The Labute approximate surface area is 343 Å². The molecule has 0 saturated carbocycles. The molecule has 0 aromatic heterocycles. The minimum absolute atomic E-state index is 0.0801. The maximum absolute atomic E-state index is 12.6. The summed E-state index contributed by atoms with van der Waals surface area (Å²) in [7, 11) is -9.68. The summed E-state index contributed by atoms with van der Waals surface area (Å²) in [5.74, 6) is -1.09. The zero-order valence-corrected chi connectivity index (χ0v) is 36.7. The van der Waals surface area contributed by atoms with Crippen molar-refractivity contribution in [2.45, 2.75) is 180 Å². The monoisotopic (exact) mass is 850 g/mol. The van der Waals surface area contributed by atoms with Crippen LogP contribution in [-0.4, -0.2) is 70.4 Å². The van der Waals surface area contributed by atoms with Crippen LogP contribution in [0.15, 0.2) is 48.6 Å². The van der Waals surface area contributed by atoms with Gasteiger partial charge in [-0.1, -0.05) is 127 Å². The molecule has 0 radical (unpaired) electrons. The van der Waals surface area contributed by atoms with E-state index >= 15 is 0 Å². The van der Waals surface area contributed by atoms with Crippen molar-refractivity contribution in [3.8, 4) is 0 Å². The topological polar surface area (TPSA) is 195 Å². The summed E-state index contributed by atoms with van der Waals surface area (Å²) in [6, 6.07) is 0. The number of phosphoric ester groups is 2. The number of rotatable bonds is 40. The predicted octanol–water partition coefficient (Wildman–Crippen LogP) is 10.7.